The number of benzene rings is 1. The number of rotatable bonds is 8. The minimum absolute atomic E-state index is 0.129. The minimum atomic E-state index is -4.35. The zero-order chi connectivity index (χ0) is 23.5. The van der Waals surface area contributed by atoms with Crippen LogP contribution in [-0.4, -0.2) is 36.7 Å². The van der Waals surface area contributed by atoms with Gasteiger partial charge in [-0.1, -0.05) is 19.4 Å². The zero-order valence-corrected chi connectivity index (χ0v) is 20.2. The molecule has 0 aliphatic heterocycles. The van der Waals surface area contributed by atoms with Gasteiger partial charge in [0.25, 0.3) is 15.6 Å². The molecule has 32 heavy (non-hydrogen) atoms. The van der Waals surface area contributed by atoms with Gasteiger partial charge in [-0.15, -0.1) is 0 Å². The molecule has 1 aromatic carbocycles. The maximum atomic E-state index is 13.5. The highest BCUT2D eigenvalue weighted by molar-refractivity contribution is 9.10. The molecular weight excluding hydrogens is 500 g/mol. The largest absolute Gasteiger partial charge is 0.507 e. The minimum Gasteiger partial charge on any atom is -0.507 e. The van der Waals surface area contributed by atoms with Crippen LogP contribution in [0, 0.1) is 0 Å². The predicted octanol–water partition coefficient (Wildman–Crippen LogP) is 3.98. The number of hydrogen-bond donors (Lipinski definition) is 1. The monoisotopic (exact) mass is 522 g/mol. The Balaban J connectivity index is 2.44. The molecule has 0 atom stereocenters. The first-order chi connectivity index (χ1) is 15.3. The molecule has 0 bridgehead atoms. The Bertz CT molecular complexity index is 1260. The lowest BCUT2D eigenvalue weighted by Crippen LogP contribution is -2.31. The molecule has 0 aliphatic carbocycles. The topological polar surface area (TPSA) is 108 Å². The summed E-state index contributed by atoms with van der Waals surface area (Å²) in [6, 6.07) is 8.77. The lowest BCUT2D eigenvalue weighted by molar-refractivity contribution is 0.396. The first-order valence-electron chi connectivity index (χ1n) is 9.82. The van der Waals surface area contributed by atoms with Crippen molar-refractivity contribution < 1.29 is 23.0 Å². The van der Waals surface area contributed by atoms with Crippen molar-refractivity contribution in [2.75, 3.05) is 14.2 Å². The second-order valence-electron chi connectivity index (χ2n) is 6.91. The summed E-state index contributed by atoms with van der Waals surface area (Å²) in [5.41, 5.74) is -0.234. The molecule has 2 aromatic heterocycles. The Hall–Kier alpha value is -2.85. The summed E-state index contributed by atoms with van der Waals surface area (Å²) >= 11 is 3.23. The van der Waals surface area contributed by atoms with E-state index in [1.807, 2.05) is 6.92 Å². The fraction of sp³-hybridized carbons (Fsp3) is 0.273. The fourth-order valence-corrected chi connectivity index (χ4v) is 5.05. The van der Waals surface area contributed by atoms with Crippen LogP contribution in [-0.2, 0) is 16.4 Å². The maximum absolute atomic E-state index is 13.5. The number of methoxy groups -OCH3 is 2. The lowest BCUT2D eigenvalue weighted by Gasteiger charge is -2.21. The van der Waals surface area contributed by atoms with E-state index in [2.05, 4.69) is 20.9 Å². The van der Waals surface area contributed by atoms with Crippen molar-refractivity contribution in [3.05, 3.63) is 63.1 Å². The number of pyridine rings is 2. The molecule has 0 fully saturated rings. The Labute approximate surface area is 194 Å². The number of nitrogens with zero attached hydrogens (tertiary/aromatic N) is 2. The normalized spacial score (nSPS) is 11.4. The number of aromatic hydroxyl groups is 1. The van der Waals surface area contributed by atoms with Crippen molar-refractivity contribution in [2.24, 2.45) is 0 Å². The average molecular weight is 523 g/mol. The van der Waals surface area contributed by atoms with E-state index >= 15 is 0 Å². The molecule has 0 spiro atoms. The Morgan fingerprint density at radius 2 is 1.75 bits per heavy atom. The number of aromatic nitrogens is 2. The molecule has 3 aromatic rings. The predicted molar refractivity (Wildman–Crippen MR) is 124 cm³/mol. The summed E-state index contributed by atoms with van der Waals surface area (Å²) in [5, 5.41) is 10.5. The molecule has 170 valence electrons. The molecule has 10 heteroatoms. The summed E-state index contributed by atoms with van der Waals surface area (Å²) in [4.78, 5) is 16.9. The van der Waals surface area contributed by atoms with E-state index in [-0.39, 0.29) is 28.5 Å². The van der Waals surface area contributed by atoms with E-state index in [0.717, 1.165) is 12.5 Å². The average Bonchev–Trinajstić information content (AvgIpc) is 2.77. The molecule has 3 rings (SSSR count). The number of halogens is 1. The Morgan fingerprint density at radius 1 is 1.09 bits per heavy atom. The highest BCUT2D eigenvalue weighted by Crippen LogP contribution is 2.44. The molecule has 0 aliphatic rings. The lowest BCUT2D eigenvalue weighted by atomic mass is 9.98. The maximum Gasteiger partial charge on any atom is 0.288 e. The van der Waals surface area contributed by atoms with Crippen LogP contribution < -0.4 is 15.0 Å². The number of ether oxygens (including phenoxy) is 2. The highest BCUT2D eigenvalue weighted by atomic mass is 79.9. The first kappa shape index (κ1) is 23.8. The van der Waals surface area contributed by atoms with Crippen LogP contribution in [0.25, 0.3) is 11.1 Å². The summed E-state index contributed by atoms with van der Waals surface area (Å²) in [6.45, 7) is 1.94. The first-order valence-corrected chi connectivity index (χ1v) is 12.1. The number of unbranched alkanes of at least 4 members (excludes halogenated alkanes) is 1. The van der Waals surface area contributed by atoms with Gasteiger partial charge in [0.15, 0.2) is 5.03 Å². The molecule has 0 saturated carbocycles. The summed E-state index contributed by atoms with van der Waals surface area (Å²) in [7, 11) is -1.44. The van der Waals surface area contributed by atoms with Gasteiger partial charge < -0.3 is 14.6 Å². The van der Waals surface area contributed by atoms with Gasteiger partial charge in [0.1, 0.15) is 17.2 Å². The molecule has 0 saturated heterocycles. The summed E-state index contributed by atoms with van der Waals surface area (Å²) in [6.07, 6.45) is 2.88. The van der Waals surface area contributed by atoms with Gasteiger partial charge in [-0.05, 0) is 53.0 Å². The van der Waals surface area contributed by atoms with Crippen molar-refractivity contribution in [3.63, 3.8) is 0 Å². The van der Waals surface area contributed by atoms with Crippen molar-refractivity contribution in [2.45, 2.75) is 31.2 Å². The van der Waals surface area contributed by atoms with Gasteiger partial charge in [0.2, 0.25) is 0 Å². The molecule has 0 radical (unpaired) electrons. The fourth-order valence-electron chi connectivity index (χ4n) is 3.44. The number of hydrogen-bond acceptors (Lipinski definition) is 7. The van der Waals surface area contributed by atoms with Gasteiger partial charge in [0.05, 0.1) is 25.3 Å². The summed E-state index contributed by atoms with van der Waals surface area (Å²) in [5.74, 6) is 0.364. The smallest absolute Gasteiger partial charge is 0.288 e. The third-order valence-corrected chi connectivity index (χ3v) is 7.02. The van der Waals surface area contributed by atoms with Crippen molar-refractivity contribution in [1.29, 1.82) is 0 Å². The van der Waals surface area contributed by atoms with Gasteiger partial charge >= 0.3 is 0 Å². The van der Waals surface area contributed by atoms with Gasteiger partial charge in [-0.3, -0.25) is 4.79 Å². The third kappa shape index (κ3) is 4.37. The van der Waals surface area contributed by atoms with Crippen LogP contribution in [0.15, 0.2) is 56.9 Å². The second kappa shape index (κ2) is 9.74. The van der Waals surface area contributed by atoms with Crippen LogP contribution in [0.4, 0.5) is 0 Å². The Kier molecular flexibility index (Phi) is 7.25. The standard InChI is InChI=1S/C22H23BrN2O6S/c1-4-5-7-15-21(22-17(30-2)8-6-9-18(22)31-3)16(26)12-20(27)25(15)32(28,29)19-11-10-14(23)13-24-19/h6,8-13,26H,4-5,7H2,1-3H3. The van der Waals surface area contributed by atoms with E-state index in [1.165, 1.54) is 32.5 Å². The zero-order valence-electron chi connectivity index (χ0n) is 17.8. The van der Waals surface area contributed by atoms with Crippen molar-refractivity contribution in [1.82, 2.24) is 8.96 Å². The van der Waals surface area contributed by atoms with Crippen LogP contribution in [0.2, 0.25) is 0 Å². The van der Waals surface area contributed by atoms with Crippen LogP contribution >= 0.6 is 15.9 Å². The van der Waals surface area contributed by atoms with Gasteiger partial charge in [-0.2, -0.15) is 8.42 Å². The van der Waals surface area contributed by atoms with Gasteiger partial charge in [-0.25, -0.2) is 8.96 Å². The van der Waals surface area contributed by atoms with Crippen molar-refractivity contribution in [3.8, 4) is 28.4 Å². The van der Waals surface area contributed by atoms with Gasteiger partial charge in [0, 0.05) is 22.4 Å². The molecule has 2 heterocycles. The van der Waals surface area contributed by atoms with E-state index in [9.17, 15) is 18.3 Å². The van der Waals surface area contributed by atoms with Crippen LogP contribution in [0.1, 0.15) is 25.5 Å². The Morgan fingerprint density at radius 3 is 2.28 bits per heavy atom. The highest BCUT2D eigenvalue weighted by Gasteiger charge is 2.29. The molecule has 1 N–H and O–H groups in total. The SMILES string of the molecule is CCCCc1c(-c2c(OC)cccc2OC)c(O)cc(=O)n1S(=O)(=O)c1ccc(Br)cn1. The quantitative estimate of drug-likeness (QED) is 0.476. The molecular formula is C22H23BrN2O6S. The van der Waals surface area contributed by atoms with Crippen molar-refractivity contribution >= 4 is 26.0 Å². The van der Waals surface area contributed by atoms with Crippen LogP contribution in [0.5, 0.6) is 17.2 Å². The van der Waals surface area contributed by atoms with Crippen LogP contribution in [0.3, 0.4) is 0 Å². The summed E-state index contributed by atoms with van der Waals surface area (Å²) < 4.78 is 39.2. The van der Waals surface area contributed by atoms with E-state index in [1.54, 1.807) is 18.2 Å². The van der Waals surface area contributed by atoms with E-state index in [0.29, 0.717) is 31.9 Å². The second-order valence-corrected chi connectivity index (χ2v) is 9.56. The molecule has 0 amide bonds. The molecule has 0 unspecified atom stereocenters. The third-order valence-electron chi connectivity index (χ3n) is 4.90. The molecule has 8 nitrogen and oxygen atoms in total. The van der Waals surface area contributed by atoms with E-state index in [4.69, 9.17) is 9.47 Å². The van der Waals surface area contributed by atoms with E-state index < -0.39 is 15.6 Å².